The lowest BCUT2D eigenvalue weighted by atomic mass is 9.98. The Labute approximate surface area is 140 Å². The fourth-order valence-electron chi connectivity index (χ4n) is 2.58. The smallest absolute Gasteiger partial charge is 0.181 e. The quantitative estimate of drug-likeness (QED) is 0.733. The summed E-state index contributed by atoms with van der Waals surface area (Å²) in [6.45, 7) is 1.58. The standard InChI is InChI=1S/C20H18N2O2/c1-15-12-16(2-8-19(24)13-23)3-9-20(15)17-4-6-18(7-5-17)22-11-10-21-14-22/h2-12,14,23H,13H2,1H3/b8-2+. The van der Waals surface area contributed by atoms with E-state index in [1.165, 1.54) is 6.08 Å². The van der Waals surface area contributed by atoms with Gasteiger partial charge in [0.15, 0.2) is 5.78 Å². The van der Waals surface area contributed by atoms with E-state index in [0.29, 0.717) is 0 Å². The molecular formula is C20H18N2O2. The van der Waals surface area contributed by atoms with E-state index in [4.69, 9.17) is 5.11 Å². The SMILES string of the molecule is Cc1cc(/C=C/C(=O)CO)ccc1-c1ccc(-n2ccnc2)cc1. The van der Waals surface area contributed by atoms with Gasteiger partial charge in [0, 0.05) is 18.1 Å². The maximum atomic E-state index is 11.1. The van der Waals surface area contributed by atoms with E-state index in [1.54, 1.807) is 18.6 Å². The van der Waals surface area contributed by atoms with Crippen molar-refractivity contribution < 1.29 is 9.90 Å². The third-order valence-corrected chi connectivity index (χ3v) is 3.85. The van der Waals surface area contributed by atoms with Crippen LogP contribution in [-0.2, 0) is 4.79 Å². The number of benzene rings is 2. The van der Waals surface area contributed by atoms with Crippen LogP contribution in [0.4, 0.5) is 0 Å². The average molecular weight is 318 g/mol. The van der Waals surface area contributed by atoms with Gasteiger partial charge in [-0.3, -0.25) is 4.79 Å². The Balaban J connectivity index is 1.84. The Bertz CT molecular complexity index is 863. The molecule has 1 heterocycles. The van der Waals surface area contributed by atoms with Crippen LogP contribution in [0.25, 0.3) is 22.9 Å². The highest BCUT2D eigenvalue weighted by molar-refractivity contribution is 5.94. The first-order valence-corrected chi connectivity index (χ1v) is 7.68. The highest BCUT2D eigenvalue weighted by Crippen LogP contribution is 2.25. The van der Waals surface area contributed by atoms with Crippen molar-refractivity contribution >= 4 is 11.9 Å². The van der Waals surface area contributed by atoms with Crippen LogP contribution in [0.2, 0.25) is 0 Å². The van der Waals surface area contributed by atoms with Gasteiger partial charge in [0.1, 0.15) is 6.61 Å². The number of carbonyl (C=O) groups is 1. The minimum absolute atomic E-state index is 0.299. The van der Waals surface area contributed by atoms with Crippen molar-refractivity contribution in [2.24, 2.45) is 0 Å². The van der Waals surface area contributed by atoms with E-state index >= 15 is 0 Å². The highest BCUT2D eigenvalue weighted by atomic mass is 16.3. The van der Waals surface area contributed by atoms with Crippen molar-refractivity contribution in [3.05, 3.63) is 78.4 Å². The first kappa shape index (κ1) is 15.9. The van der Waals surface area contributed by atoms with Gasteiger partial charge in [0.25, 0.3) is 0 Å². The molecular weight excluding hydrogens is 300 g/mol. The number of hydrogen-bond acceptors (Lipinski definition) is 3. The lowest BCUT2D eigenvalue weighted by Gasteiger charge is -2.09. The molecule has 0 amide bonds. The average Bonchev–Trinajstić information content (AvgIpc) is 3.14. The van der Waals surface area contributed by atoms with Gasteiger partial charge in [0.2, 0.25) is 0 Å². The van der Waals surface area contributed by atoms with Crippen molar-refractivity contribution in [1.29, 1.82) is 0 Å². The van der Waals surface area contributed by atoms with Crippen LogP contribution in [0.1, 0.15) is 11.1 Å². The number of imidazole rings is 1. The third kappa shape index (κ3) is 3.50. The second-order valence-corrected chi connectivity index (χ2v) is 5.55. The van der Waals surface area contributed by atoms with Gasteiger partial charge in [-0.15, -0.1) is 0 Å². The molecule has 0 spiro atoms. The summed E-state index contributed by atoms with van der Waals surface area (Å²) in [6, 6.07) is 14.3. The fourth-order valence-corrected chi connectivity index (χ4v) is 2.58. The van der Waals surface area contributed by atoms with Crippen LogP contribution >= 0.6 is 0 Å². The Morgan fingerprint density at radius 1 is 1.21 bits per heavy atom. The Hall–Kier alpha value is -2.98. The van der Waals surface area contributed by atoms with Crippen LogP contribution in [0.15, 0.2) is 67.3 Å². The zero-order valence-electron chi connectivity index (χ0n) is 13.4. The van der Waals surface area contributed by atoms with E-state index in [0.717, 1.165) is 27.9 Å². The molecule has 1 aromatic heterocycles. The molecule has 3 aromatic rings. The van der Waals surface area contributed by atoms with Crippen molar-refractivity contribution in [3.8, 4) is 16.8 Å². The molecule has 0 fully saturated rings. The van der Waals surface area contributed by atoms with Gasteiger partial charge in [-0.25, -0.2) is 4.98 Å². The summed E-state index contributed by atoms with van der Waals surface area (Å²) in [5.74, 6) is -0.299. The Morgan fingerprint density at radius 3 is 2.62 bits per heavy atom. The molecule has 0 aliphatic carbocycles. The van der Waals surface area contributed by atoms with Gasteiger partial charge >= 0.3 is 0 Å². The van der Waals surface area contributed by atoms with Gasteiger partial charge in [-0.05, 0) is 47.4 Å². The second-order valence-electron chi connectivity index (χ2n) is 5.55. The third-order valence-electron chi connectivity index (χ3n) is 3.85. The Morgan fingerprint density at radius 2 is 2.00 bits per heavy atom. The zero-order chi connectivity index (χ0) is 16.9. The van der Waals surface area contributed by atoms with E-state index in [9.17, 15) is 4.79 Å². The van der Waals surface area contributed by atoms with E-state index in [2.05, 4.69) is 29.2 Å². The second kappa shape index (κ2) is 7.06. The van der Waals surface area contributed by atoms with Crippen LogP contribution < -0.4 is 0 Å². The fraction of sp³-hybridized carbons (Fsp3) is 0.100. The lowest BCUT2D eigenvalue weighted by Crippen LogP contribution is -1.97. The molecule has 4 heteroatoms. The normalized spacial score (nSPS) is 11.1. The number of rotatable bonds is 5. The number of aromatic nitrogens is 2. The van der Waals surface area contributed by atoms with Crippen LogP contribution in [-0.4, -0.2) is 27.0 Å². The molecule has 0 aliphatic heterocycles. The minimum atomic E-state index is -0.461. The number of aliphatic hydroxyl groups excluding tert-OH is 1. The molecule has 0 saturated carbocycles. The number of aliphatic hydroxyl groups is 1. The topological polar surface area (TPSA) is 55.1 Å². The molecule has 3 rings (SSSR count). The molecule has 0 radical (unpaired) electrons. The van der Waals surface area contributed by atoms with Crippen molar-refractivity contribution in [2.45, 2.75) is 6.92 Å². The van der Waals surface area contributed by atoms with E-state index in [1.807, 2.05) is 35.9 Å². The van der Waals surface area contributed by atoms with E-state index in [-0.39, 0.29) is 5.78 Å². The maximum absolute atomic E-state index is 11.1. The van der Waals surface area contributed by atoms with Gasteiger partial charge in [-0.1, -0.05) is 36.4 Å². The number of hydrogen-bond donors (Lipinski definition) is 1. The number of ketones is 1. The number of carbonyl (C=O) groups excluding carboxylic acids is 1. The van der Waals surface area contributed by atoms with Crippen LogP contribution in [0, 0.1) is 6.92 Å². The molecule has 0 atom stereocenters. The van der Waals surface area contributed by atoms with Gasteiger partial charge in [-0.2, -0.15) is 0 Å². The minimum Gasteiger partial charge on any atom is -0.388 e. The summed E-state index contributed by atoms with van der Waals surface area (Å²) < 4.78 is 1.96. The molecule has 24 heavy (non-hydrogen) atoms. The van der Waals surface area contributed by atoms with E-state index < -0.39 is 6.61 Å². The van der Waals surface area contributed by atoms with Crippen molar-refractivity contribution in [1.82, 2.24) is 9.55 Å². The summed E-state index contributed by atoms with van der Waals surface area (Å²) in [7, 11) is 0. The molecule has 0 unspecified atom stereocenters. The van der Waals surface area contributed by atoms with Gasteiger partial charge in [0.05, 0.1) is 6.33 Å². The summed E-state index contributed by atoms with van der Waals surface area (Å²) >= 11 is 0. The lowest BCUT2D eigenvalue weighted by molar-refractivity contribution is -0.117. The molecule has 0 bridgehead atoms. The van der Waals surface area contributed by atoms with Crippen LogP contribution in [0.3, 0.4) is 0 Å². The molecule has 0 saturated heterocycles. The Kier molecular flexibility index (Phi) is 4.68. The predicted octanol–water partition coefficient (Wildman–Crippen LogP) is 3.42. The maximum Gasteiger partial charge on any atom is 0.181 e. The molecule has 120 valence electrons. The summed E-state index contributed by atoms with van der Waals surface area (Å²) in [5.41, 5.74) is 5.42. The van der Waals surface area contributed by atoms with Crippen molar-refractivity contribution in [3.63, 3.8) is 0 Å². The first-order valence-electron chi connectivity index (χ1n) is 7.68. The molecule has 4 nitrogen and oxygen atoms in total. The number of aryl methyl sites for hydroxylation is 1. The summed E-state index contributed by atoms with van der Waals surface area (Å²) in [5, 5.41) is 8.74. The highest BCUT2D eigenvalue weighted by Gasteiger charge is 2.04. The van der Waals surface area contributed by atoms with Crippen LogP contribution in [0.5, 0.6) is 0 Å². The van der Waals surface area contributed by atoms with Gasteiger partial charge < -0.3 is 9.67 Å². The number of nitrogens with zero attached hydrogens (tertiary/aromatic N) is 2. The molecule has 2 aromatic carbocycles. The summed E-state index contributed by atoms with van der Waals surface area (Å²) in [6.07, 6.45) is 8.56. The van der Waals surface area contributed by atoms with Crippen molar-refractivity contribution in [2.75, 3.05) is 6.61 Å². The zero-order valence-corrected chi connectivity index (χ0v) is 13.4. The molecule has 0 aliphatic rings. The molecule has 1 N–H and O–H groups in total. The largest absolute Gasteiger partial charge is 0.388 e. The predicted molar refractivity (Wildman–Crippen MR) is 94.9 cm³/mol. The summed E-state index contributed by atoms with van der Waals surface area (Å²) in [4.78, 5) is 15.2. The first-order chi connectivity index (χ1) is 11.7. The monoisotopic (exact) mass is 318 g/mol.